The minimum atomic E-state index is -0.664. The molecule has 1 aliphatic rings. The van der Waals surface area contributed by atoms with Gasteiger partial charge in [-0.1, -0.05) is 0 Å². The SMILES string of the molecule is O=C(NCC1CCOCC1)Nc1cc(F)ccc1F. The highest BCUT2D eigenvalue weighted by Crippen LogP contribution is 2.16. The average Bonchev–Trinajstić information content (AvgIpc) is 2.42. The first-order chi connectivity index (χ1) is 9.15. The Morgan fingerprint density at radius 1 is 1.32 bits per heavy atom. The Morgan fingerprint density at radius 2 is 2.05 bits per heavy atom. The zero-order valence-electron chi connectivity index (χ0n) is 10.4. The van der Waals surface area contributed by atoms with Crippen LogP contribution in [0.5, 0.6) is 0 Å². The summed E-state index contributed by atoms with van der Waals surface area (Å²) >= 11 is 0. The summed E-state index contributed by atoms with van der Waals surface area (Å²) < 4.78 is 31.4. The molecule has 0 spiro atoms. The Morgan fingerprint density at radius 3 is 2.79 bits per heavy atom. The largest absolute Gasteiger partial charge is 0.381 e. The van der Waals surface area contributed by atoms with Crippen molar-refractivity contribution < 1.29 is 18.3 Å². The quantitative estimate of drug-likeness (QED) is 0.886. The maximum atomic E-state index is 13.3. The van der Waals surface area contributed by atoms with Gasteiger partial charge < -0.3 is 15.4 Å². The molecule has 0 unspecified atom stereocenters. The number of nitrogens with one attached hydrogen (secondary N) is 2. The zero-order chi connectivity index (χ0) is 13.7. The Kier molecular flexibility index (Phi) is 4.68. The lowest BCUT2D eigenvalue weighted by molar-refractivity contribution is 0.0671. The minimum absolute atomic E-state index is 0.163. The van der Waals surface area contributed by atoms with Crippen molar-refractivity contribution in [3.63, 3.8) is 0 Å². The number of benzene rings is 1. The Hall–Kier alpha value is -1.69. The van der Waals surface area contributed by atoms with Gasteiger partial charge in [0.1, 0.15) is 11.6 Å². The van der Waals surface area contributed by atoms with Gasteiger partial charge in [0.25, 0.3) is 0 Å². The zero-order valence-corrected chi connectivity index (χ0v) is 10.4. The van der Waals surface area contributed by atoms with Crippen molar-refractivity contribution in [1.29, 1.82) is 0 Å². The fourth-order valence-electron chi connectivity index (χ4n) is 1.95. The summed E-state index contributed by atoms with van der Waals surface area (Å²) in [5.41, 5.74) is -0.163. The van der Waals surface area contributed by atoms with E-state index < -0.39 is 17.7 Å². The predicted octanol–water partition coefficient (Wildman–Crippen LogP) is 2.51. The molecule has 2 N–H and O–H groups in total. The molecule has 1 heterocycles. The highest BCUT2D eigenvalue weighted by atomic mass is 19.1. The molecular weight excluding hydrogens is 254 g/mol. The van der Waals surface area contributed by atoms with Crippen molar-refractivity contribution in [3.05, 3.63) is 29.8 Å². The first-order valence-corrected chi connectivity index (χ1v) is 6.23. The molecule has 2 rings (SSSR count). The first kappa shape index (κ1) is 13.7. The second kappa shape index (κ2) is 6.47. The molecule has 0 aliphatic carbocycles. The Balaban J connectivity index is 1.81. The maximum absolute atomic E-state index is 13.3. The summed E-state index contributed by atoms with van der Waals surface area (Å²) in [7, 11) is 0. The van der Waals surface area contributed by atoms with Gasteiger partial charge in [-0.2, -0.15) is 0 Å². The molecule has 19 heavy (non-hydrogen) atoms. The van der Waals surface area contributed by atoms with Crippen molar-refractivity contribution in [2.24, 2.45) is 5.92 Å². The number of hydrogen-bond acceptors (Lipinski definition) is 2. The van der Waals surface area contributed by atoms with Crippen LogP contribution in [0.3, 0.4) is 0 Å². The maximum Gasteiger partial charge on any atom is 0.319 e. The molecule has 1 aromatic rings. The number of hydrogen-bond donors (Lipinski definition) is 2. The fourth-order valence-corrected chi connectivity index (χ4v) is 1.95. The lowest BCUT2D eigenvalue weighted by Gasteiger charge is -2.22. The Labute approximate surface area is 110 Å². The molecule has 6 heteroatoms. The number of carbonyl (C=O) groups is 1. The monoisotopic (exact) mass is 270 g/mol. The molecule has 0 saturated carbocycles. The van der Waals surface area contributed by atoms with Gasteiger partial charge in [0.2, 0.25) is 0 Å². The number of halogens is 2. The molecule has 4 nitrogen and oxygen atoms in total. The van der Waals surface area contributed by atoms with Crippen molar-refractivity contribution in [2.75, 3.05) is 25.1 Å². The van der Waals surface area contributed by atoms with E-state index in [2.05, 4.69) is 10.6 Å². The number of carbonyl (C=O) groups excluding carboxylic acids is 1. The molecule has 1 aliphatic heterocycles. The lowest BCUT2D eigenvalue weighted by atomic mass is 10.0. The van der Waals surface area contributed by atoms with Crippen LogP contribution in [-0.4, -0.2) is 25.8 Å². The van der Waals surface area contributed by atoms with Crippen molar-refractivity contribution in [2.45, 2.75) is 12.8 Å². The molecule has 1 fully saturated rings. The van der Waals surface area contributed by atoms with E-state index >= 15 is 0 Å². The van der Waals surface area contributed by atoms with Gasteiger partial charge >= 0.3 is 6.03 Å². The van der Waals surface area contributed by atoms with Crippen LogP contribution in [0.25, 0.3) is 0 Å². The molecule has 0 atom stereocenters. The van der Waals surface area contributed by atoms with Crippen LogP contribution in [0.4, 0.5) is 19.3 Å². The van der Waals surface area contributed by atoms with Crippen LogP contribution in [0.15, 0.2) is 18.2 Å². The molecule has 104 valence electrons. The highest BCUT2D eigenvalue weighted by molar-refractivity contribution is 5.89. The predicted molar refractivity (Wildman–Crippen MR) is 66.9 cm³/mol. The molecule has 0 aromatic heterocycles. The average molecular weight is 270 g/mol. The second-order valence-corrected chi connectivity index (χ2v) is 4.51. The first-order valence-electron chi connectivity index (χ1n) is 6.23. The van der Waals surface area contributed by atoms with Crippen LogP contribution in [0, 0.1) is 17.6 Å². The van der Waals surface area contributed by atoms with E-state index in [1.165, 1.54) is 0 Å². The third-order valence-corrected chi connectivity index (χ3v) is 3.07. The number of anilines is 1. The van der Waals surface area contributed by atoms with E-state index in [-0.39, 0.29) is 5.69 Å². The van der Waals surface area contributed by atoms with Gasteiger partial charge in [0.15, 0.2) is 0 Å². The second-order valence-electron chi connectivity index (χ2n) is 4.51. The normalized spacial score (nSPS) is 16.1. The van der Waals surface area contributed by atoms with E-state index in [1.807, 2.05) is 0 Å². The van der Waals surface area contributed by atoms with E-state index in [0.29, 0.717) is 25.7 Å². The van der Waals surface area contributed by atoms with E-state index in [1.54, 1.807) is 0 Å². The van der Waals surface area contributed by atoms with Crippen LogP contribution in [0.2, 0.25) is 0 Å². The fraction of sp³-hybridized carbons (Fsp3) is 0.462. The molecular formula is C13H16F2N2O2. The number of amides is 2. The van der Waals surface area contributed by atoms with E-state index in [0.717, 1.165) is 31.0 Å². The van der Waals surface area contributed by atoms with Gasteiger partial charge in [0.05, 0.1) is 5.69 Å². The third kappa shape index (κ3) is 4.17. The van der Waals surface area contributed by atoms with E-state index in [9.17, 15) is 13.6 Å². The van der Waals surface area contributed by atoms with Crippen LogP contribution in [0.1, 0.15) is 12.8 Å². The Bertz CT molecular complexity index is 448. The summed E-state index contributed by atoms with van der Waals surface area (Å²) in [6.07, 6.45) is 1.79. The van der Waals surface area contributed by atoms with Gasteiger partial charge in [-0.05, 0) is 30.9 Å². The van der Waals surface area contributed by atoms with E-state index in [4.69, 9.17) is 4.74 Å². The standard InChI is InChI=1S/C13H16F2N2O2/c14-10-1-2-11(15)12(7-10)17-13(18)16-8-9-3-5-19-6-4-9/h1-2,7,9H,3-6,8H2,(H2,16,17,18). The van der Waals surface area contributed by atoms with Crippen molar-refractivity contribution >= 4 is 11.7 Å². The van der Waals surface area contributed by atoms with Crippen LogP contribution in [-0.2, 0) is 4.74 Å². The van der Waals surface area contributed by atoms with Gasteiger partial charge in [-0.3, -0.25) is 0 Å². The molecule has 1 aromatic carbocycles. The number of rotatable bonds is 3. The molecule has 1 saturated heterocycles. The summed E-state index contributed by atoms with van der Waals surface area (Å²) in [5, 5.41) is 4.95. The topological polar surface area (TPSA) is 50.4 Å². The van der Waals surface area contributed by atoms with Gasteiger partial charge in [-0.25, -0.2) is 13.6 Å². The summed E-state index contributed by atoms with van der Waals surface area (Å²) in [5.74, 6) is -0.888. The third-order valence-electron chi connectivity index (χ3n) is 3.07. The van der Waals surface area contributed by atoms with Crippen molar-refractivity contribution in [1.82, 2.24) is 5.32 Å². The van der Waals surface area contributed by atoms with Crippen LogP contribution < -0.4 is 10.6 Å². The number of urea groups is 1. The summed E-state index contributed by atoms with van der Waals surface area (Å²) in [6.45, 7) is 1.91. The van der Waals surface area contributed by atoms with Crippen molar-refractivity contribution in [3.8, 4) is 0 Å². The van der Waals surface area contributed by atoms with Crippen LogP contribution >= 0.6 is 0 Å². The minimum Gasteiger partial charge on any atom is -0.381 e. The summed E-state index contributed by atoms with van der Waals surface area (Å²) in [4.78, 5) is 11.6. The smallest absolute Gasteiger partial charge is 0.319 e. The number of ether oxygens (including phenoxy) is 1. The molecule has 0 bridgehead atoms. The van der Waals surface area contributed by atoms with Gasteiger partial charge in [0, 0.05) is 25.8 Å². The molecule has 2 amide bonds. The molecule has 0 radical (unpaired) electrons. The highest BCUT2D eigenvalue weighted by Gasteiger charge is 2.15. The summed E-state index contributed by atoms with van der Waals surface area (Å²) in [6, 6.07) is 2.39. The van der Waals surface area contributed by atoms with Gasteiger partial charge in [-0.15, -0.1) is 0 Å². The lowest BCUT2D eigenvalue weighted by Crippen LogP contribution is -2.35.